The molecule has 1 N–H and O–H groups in total. The summed E-state index contributed by atoms with van der Waals surface area (Å²) in [6, 6.07) is 10.1. The van der Waals surface area contributed by atoms with Crippen LogP contribution in [-0.2, 0) is 12.8 Å². The van der Waals surface area contributed by atoms with Crippen LogP contribution in [0.3, 0.4) is 0 Å². The molecule has 0 saturated heterocycles. The molecule has 4 heteroatoms. The summed E-state index contributed by atoms with van der Waals surface area (Å²) in [6.45, 7) is 3.05. The van der Waals surface area contributed by atoms with Gasteiger partial charge in [-0.15, -0.1) is 0 Å². The van der Waals surface area contributed by atoms with Crippen molar-refractivity contribution in [3.63, 3.8) is 0 Å². The van der Waals surface area contributed by atoms with Crippen LogP contribution < -0.4 is 5.32 Å². The van der Waals surface area contributed by atoms with E-state index < -0.39 is 0 Å². The number of pyridine rings is 1. The Bertz CT molecular complexity index is 538. The van der Waals surface area contributed by atoms with Gasteiger partial charge in [0.15, 0.2) is 0 Å². The number of benzene rings is 1. The molecule has 1 heterocycles. The average molecular weight is 323 g/mol. The molecule has 0 bridgehead atoms. The number of nitrogens with one attached hydrogen (secondary N) is 1. The Morgan fingerprint density at radius 3 is 2.52 bits per heavy atom. The quantitative estimate of drug-likeness (QED) is 0.809. The number of rotatable bonds is 7. The first-order valence-electron chi connectivity index (χ1n) is 7.26. The van der Waals surface area contributed by atoms with E-state index in [1.165, 1.54) is 5.56 Å². The first-order valence-corrected chi connectivity index (χ1v) is 8.01. The van der Waals surface area contributed by atoms with E-state index in [1.54, 1.807) is 6.20 Å². The summed E-state index contributed by atoms with van der Waals surface area (Å²) in [6.07, 6.45) is 6.58. The minimum atomic E-state index is 0.354. The predicted octanol–water partition coefficient (Wildman–Crippen LogP) is 4.54. The molecule has 0 radical (unpaired) electrons. The molecule has 112 valence electrons. The van der Waals surface area contributed by atoms with Crippen molar-refractivity contribution in [2.24, 2.45) is 0 Å². The highest BCUT2D eigenvalue weighted by atomic mass is 35.5. The fraction of sp³-hybridized carbons (Fsp3) is 0.353. The largest absolute Gasteiger partial charge is 0.314 e. The second-order valence-corrected chi connectivity index (χ2v) is 5.87. The normalized spacial score (nSPS) is 12.3. The highest BCUT2D eigenvalue weighted by Crippen LogP contribution is 2.26. The molecule has 2 aromatic rings. The lowest BCUT2D eigenvalue weighted by Gasteiger charge is -2.19. The van der Waals surface area contributed by atoms with Crippen LogP contribution in [0.15, 0.2) is 42.7 Å². The van der Waals surface area contributed by atoms with Crippen molar-refractivity contribution in [3.8, 4) is 0 Å². The van der Waals surface area contributed by atoms with Gasteiger partial charge in [0.1, 0.15) is 0 Å². The first-order chi connectivity index (χ1) is 10.2. The lowest BCUT2D eigenvalue weighted by atomic mass is 9.99. The molecule has 0 aliphatic carbocycles. The topological polar surface area (TPSA) is 24.9 Å². The third kappa shape index (κ3) is 4.99. The van der Waals surface area contributed by atoms with Gasteiger partial charge in [0.25, 0.3) is 0 Å². The monoisotopic (exact) mass is 322 g/mol. The van der Waals surface area contributed by atoms with Gasteiger partial charge in [0.2, 0.25) is 0 Å². The molecule has 2 nitrogen and oxygen atoms in total. The van der Waals surface area contributed by atoms with Crippen LogP contribution in [0.1, 0.15) is 24.5 Å². The summed E-state index contributed by atoms with van der Waals surface area (Å²) >= 11 is 12.5. The summed E-state index contributed by atoms with van der Waals surface area (Å²) in [5, 5.41) is 5.00. The van der Waals surface area contributed by atoms with Crippen LogP contribution in [0.4, 0.5) is 0 Å². The lowest BCUT2D eigenvalue weighted by Crippen LogP contribution is -2.31. The van der Waals surface area contributed by atoms with Crippen LogP contribution in [0.2, 0.25) is 10.0 Å². The van der Waals surface area contributed by atoms with Gasteiger partial charge in [-0.3, -0.25) is 4.98 Å². The van der Waals surface area contributed by atoms with Crippen molar-refractivity contribution in [1.82, 2.24) is 10.3 Å². The van der Waals surface area contributed by atoms with Gasteiger partial charge >= 0.3 is 0 Å². The fourth-order valence-corrected chi connectivity index (χ4v) is 2.98. The third-order valence-electron chi connectivity index (χ3n) is 3.51. The van der Waals surface area contributed by atoms with Crippen molar-refractivity contribution < 1.29 is 0 Å². The van der Waals surface area contributed by atoms with Gasteiger partial charge in [0.05, 0.1) is 0 Å². The summed E-state index contributed by atoms with van der Waals surface area (Å²) in [5.41, 5.74) is 2.28. The molecule has 0 aliphatic rings. The van der Waals surface area contributed by atoms with Crippen molar-refractivity contribution in [1.29, 1.82) is 0 Å². The van der Waals surface area contributed by atoms with E-state index in [-0.39, 0.29) is 0 Å². The summed E-state index contributed by atoms with van der Waals surface area (Å²) in [7, 11) is 0. The Balaban J connectivity index is 2.02. The number of nitrogens with zero attached hydrogens (tertiary/aromatic N) is 1. The molecule has 0 fully saturated rings. The van der Waals surface area contributed by atoms with Crippen LogP contribution >= 0.6 is 23.2 Å². The predicted molar refractivity (Wildman–Crippen MR) is 90.2 cm³/mol. The Hall–Kier alpha value is -1.09. The van der Waals surface area contributed by atoms with Crippen LogP contribution in [0.25, 0.3) is 0 Å². The van der Waals surface area contributed by atoms with Gasteiger partial charge in [-0.05, 0) is 55.1 Å². The van der Waals surface area contributed by atoms with Gasteiger partial charge in [-0.25, -0.2) is 0 Å². The van der Waals surface area contributed by atoms with E-state index in [2.05, 4.69) is 23.3 Å². The first kappa shape index (κ1) is 16.3. The SMILES string of the molecule is CCNC(CCc1cccnc1)Cc1c(Cl)cccc1Cl. The number of likely N-dealkylation sites (N-methyl/N-ethyl adjacent to an activating group) is 1. The molecular formula is C17H20Cl2N2. The van der Waals surface area contributed by atoms with E-state index in [0.29, 0.717) is 6.04 Å². The van der Waals surface area contributed by atoms with E-state index in [0.717, 1.165) is 41.4 Å². The van der Waals surface area contributed by atoms with E-state index in [1.807, 2.05) is 30.5 Å². The van der Waals surface area contributed by atoms with Gasteiger partial charge in [0, 0.05) is 28.5 Å². The minimum Gasteiger partial charge on any atom is -0.314 e. The molecule has 1 aromatic heterocycles. The zero-order valence-corrected chi connectivity index (χ0v) is 13.7. The smallest absolute Gasteiger partial charge is 0.0453 e. The average Bonchev–Trinajstić information content (AvgIpc) is 2.49. The summed E-state index contributed by atoms with van der Waals surface area (Å²) in [5.74, 6) is 0. The lowest BCUT2D eigenvalue weighted by molar-refractivity contribution is 0.491. The Kier molecular flexibility index (Phi) is 6.50. The van der Waals surface area contributed by atoms with Crippen molar-refractivity contribution in [2.75, 3.05) is 6.54 Å². The maximum atomic E-state index is 6.27. The molecular weight excluding hydrogens is 303 g/mol. The number of aromatic nitrogens is 1. The molecule has 1 atom stereocenters. The van der Waals surface area contributed by atoms with Crippen molar-refractivity contribution in [3.05, 3.63) is 63.9 Å². The number of hydrogen-bond acceptors (Lipinski definition) is 2. The maximum Gasteiger partial charge on any atom is 0.0453 e. The Morgan fingerprint density at radius 2 is 1.90 bits per heavy atom. The highest BCUT2D eigenvalue weighted by molar-refractivity contribution is 6.36. The second-order valence-electron chi connectivity index (χ2n) is 5.06. The third-order valence-corrected chi connectivity index (χ3v) is 4.22. The molecule has 0 amide bonds. The van der Waals surface area contributed by atoms with Crippen LogP contribution in [-0.4, -0.2) is 17.6 Å². The Labute approximate surface area is 136 Å². The molecule has 0 saturated carbocycles. The zero-order chi connectivity index (χ0) is 15.1. The Morgan fingerprint density at radius 1 is 1.14 bits per heavy atom. The number of aryl methyl sites for hydroxylation is 1. The van der Waals surface area contributed by atoms with Crippen LogP contribution in [0, 0.1) is 0 Å². The molecule has 1 unspecified atom stereocenters. The van der Waals surface area contributed by atoms with E-state index >= 15 is 0 Å². The highest BCUT2D eigenvalue weighted by Gasteiger charge is 2.13. The van der Waals surface area contributed by atoms with Gasteiger partial charge in [-0.1, -0.05) is 42.3 Å². The van der Waals surface area contributed by atoms with Crippen molar-refractivity contribution in [2.45, 2.75) is 32.2 Å². The zero-order valence-electron chi connectivity index (χ0n) is 12.2. The van der Waals surface area contributed by atoms with Crippen molar-refractivity contribution >= 4 is 23.2 Å². The second kappa shape index (κ2) is 8.38. The maximum absolute atomic E-state index is 6.27. The minimum absolute atomic E-state index is 0.354. The molecule has 0 aliphatic heterocycles. The molecule has 1 aromatic carbocycles. The molecule has 21 heavy (non-hydrogen) atoms. The van der Waals surface area contributed by atoms with Gasteiger partial charge in [-0.2, -0.15) is 0 Å². The molecule has 2 rings (SSSR count). The standard InChI is InChI=1S/C17H20Cl2N2/c1-2-21-14(9-8-13-5-4-10-20-12-13)11-15-16(18)6-3-7-17(15)19/h3-7,10,12,14,21H,2,8-9,11H2,1H3. The summed E-state index contributed by atoms with van der Waals surface area (Å²) < 4.78 is 0. The fourth-order valence-electron chi connectivity index (χ4n) is 2.43. The molecule has 0 spiro atoms. The van der Waals surface area contributed by atoms with Crippen LogP contribution in [0.5, 0.6) is 0 Å². The van der Waals surface area contributed by atoms with E-state index in [9.17, 15) is 0 Å². The van der Waals surface area contributed by atoms with Gasteiger partial charge < -0.3 is 5.32 Å². The summed E-state index contributed by atoms with van der Waals surface area (Å²) in [4.78, 5) is 4.16. The number of halogens is 2. The number of hydrogen-bond donors (Lipinski definition) is 1. The van der Waals surface area contributed by atoms with E-state index in [4.69, 9.17) is 23.2 Å².